The second-order valence-corrected chi connectivity index (χ2v) is 9.58. The Kier molecular flexibility index (Phi) is 8.24. The van der Waals surface area contributed by atoms with E-state index in [0.29, 0.717) is 29.6 Å². The van der Waals surface area contributed by atoms with Gasteiger partial charge in [-0.25, -0.2) is 0 Å². The van der Waals surface area contributed by atoms with E-state index in [-0.39, 0.29) is 17.7 Å². The van der Waals surface area contributed by atoms with Crippen LogP contribution in [0.2, 0.25) is 0 Å². The highest BCUT2D eigenvalue weighted by Crippen LogP contribution is 2.38. The molecule has 2 amide bonds. The van der Waals surface area contributed by atoms with Gasteiger partial charge in [-0.15, -0.1) is 0 Å². The molecule has 1 aliphatic heterocycles. The van der Waals surface area contributed by atoms with E-state index in [1.807, 2.05) is 50.2 Å². The minimum absolute atomic E-state index is 0.251. The Labute approximate surface area is 202 Å². The largest absolute Gasteiger partial charge is 0.490 e. The molecule has 2 aromatic carbocycles. The van der Waals surface area contributed by atoms with E-state index in [1.165, 1.54) is 4.90 Å². The number of hydrogen-bond acceptors (Lipinski definition) is 5. The summed E-state index contributed by atoms with van der Waals surface area (Å²) in [7, 11) is 0. The van der Waals surface area contributed by atoms with Crippen molar-refractivity contribution in [1.82, 2.24) is 4.90 Å². The van der Waals surface area contributed by atoms with Crippen LogP contribution >= 0.6 is 50.3 Å². The van der Waals surface area contributed by atoms with Crippen molar-refractivity contribution in [2.45, 2.75) is 26.8 Å². The molecule has 0 aliphatic carbocycles. The second kappa shape index (κ2) is 10.7. The minimum Gasteiger partial charge on any atom is -0.490 e. The van der Waals surface area contributed by atoms with E-state index in [0.717, 1.165) is 37.4 Å². The lowest BCUT2D eigenvalue weighted by Gasteiger charge is -2.14. The number of amides is 2. The molecule has 0 radical (unpaired) electrons. The number of imide groups is 1. The highest BCUT2D eigenvalue weighted by atomic mass is 127. The molecule has 0 atom stereocenters. The highest BCUT2D eigenvalue weighted by Gasteiger charge is 2.35. The normalized spacial score (nSPS) is 15.2. The molecule has 158 valence electrons. The topological polar surface area (TPSA) is 55.8 Å². The number of rotatable bonds is 8. The first-order valence-electron chi connectivity index (χ1n) is 9.51. The van der Waals surface area contributed by atoms with Crippen LogP contribution < -0.4 is 9.47 Å². The minimum atomic E-state index is -0.285. The van der Waals surface area contributed by atoms with Gasteiger partial charge in [0.2, 0.25) is 0 Å². The molecule has 0 spiro atoms. The van der Waals surface area contributed by atoms with Crippen molar-refractivity contribution in [3.05, 3.63) is 60.5 Å². The zero-order valence-electron chi connectivity index (χ0n) is 16.6. The Balaban J connectivity index is 1.84. The van der Waals surface area contributed by atoms with Crippen molar-refractivity contribution < 1.29 is 19.1 Å². The van der Waals surface area contributed by atoms with Crippen molar-refractivity contribution in [1.29, 1.82) is 0 Å². The molecular weight excluding hydrogens is 581 g/mol. The molecule has 0 aromatic heterocycles. The van der Waals surface area contributed by atoms with Crippen LogP contribution in [0.25, 0.3) is 6.08 Å². The van der Waals surface area contributed by atoms with Gasteiger partial charge in [-0.3, -0.25) is 14.5 Å². The molecule has 2 aromatic rings. The molecule has 0 bridgehead atoms. The summed E-state index contributed by atoms with van der Waals surface area (Å²) in [4.78, 5) is 27.0. The first-order chi connectivity index (χ1) is 14.4. The number of ether oxygens (including phenoxy) is 2. The lowest BCUT2D eigenvalue weighted by Crippen LogP contribution is -2.27. The number of carbonyl (C=O) groups excluding carboxylic acids is 2. The van der Waals surface area contributed by atoms with E-state index in [2.05, 4.69) is 38.5 Å². The maximum absolute atomic E-state index is 12.8. The summed E-state index contributed by atoms with van der Waals surface area (Å²) in [5.41, 5.74) is 1.69. The van der Waals surface area contributed by atoms with Crippen LogP contribution in [0.4, 0.5) is 4.79 Å². The lowest BCUT2D eigenvalue weighted by molar-refractivity contribution is -0.123. The highest BCUT2D eigenvalue weighted by molar-refractivity contribution is 14.1. The van der Waals surface area contributed by atoms with Crippen molar-refractivity contribution in [3.63, 3.8) is 0 Å². The Hall–Kier alpha value is -1.52. The van der Waals surface area contributed by atoms with Gasteiger partial charge in [0.25, 0.3) is 11.1 Å². The monoisotopic (exact) mass is 601 g/mol. The van der Waals surface area contributed by atoms with Crippen LogP contribution in [0.5, 0.6) is 11.5 Å². The molecule has 1 aliphatic rings. The van der Waals surface area contributed by atoms with E-state index >= 15 is 0 Å². The summed E-state index contributed by atoms with van der Waals surface area (Å²) in [6.07, 6.45) is 2.63. The standard InChI is InChI=1S/C22H21BrINO4S/c1-3-9-29-20-17(24)10-15(11-18(20)28-4-2)12-19-21(26)25(22(27)30-19)13-14-5-7-16(23)8-6-14/h5-8,10-12H,3-4,9,13H2,1-2H3/b19-12-. The van der Waals surface area contributed by atoms with Crippen molar-refractivity contribution in [3.8, 4) is 11.5 Å². The fraction of sp³-hybridized carbons (Fsp3) is 0.273. The molecule has 0 saturated carbocycles. The van der Waals surface area contributed by atoms with Gasteiger partial charge in [-0.2, -0.15) is 0 Å². The summed E-state index contributed by atoms with van der Waals surface area (Å²) < 4.78 is 13.4. The summed E-state index contributed by atoms with van der Waals surface area (Å²) in [6.45, 7) is 5.32. The molecule has 1 saturated heterocycles. The predicted octanol–water partition coefficient (Wildman–Crippen LogP) is 6.48. The smallest absolute Gasteiger partial charge is 0.293 e. The Morgan fingerprint density at radius 2 is 1.87 bits per heavy atom. The third-order valence-corrected chi connectivity index (χ3v) is 6.44. The zero-order chi connectivity index (χ0) is 21.7. The number of hydrogen-bond donors (Lipinski definition) is 0. The molecule has 3 rings (SSSR count). The van der Waals surface area contributed by atoms with Gasteiger partial charge in [-0.05, 0) is 89.2 Å². The van der Waals surface area contributed by atoms with Crippen LogP contribution in [-0.4, -0.2) is 29.3 Å². The number of halogens is 2. The molecule has 30 heavy (non-hydrogen) atoms. The van der Waals surface area contributed by atoms with Crippen molar-refractivity contribution >= 4 is 67.5 Å². The molecule has 5 nitrogen and oxygen atoms in total. The van der Waals surface area contributed by atoms with Crippen molar-refractivity contribution in [2.24, 2.45) is 0 Å². The van der Waals surface area contributed by atoms with E-state index in [1.54, 1.807) is 6.08 Å². The van der Waals surface area contributed by atoms with Crippen LogP contribution in [0.1, 0.15) is 31.4 Å². The summed E-state index contributed by atoms with van der Waals surface area (Å²) in [5.74, 6) is 1.06. The summed E-state index contributed by atoms with van der Waals surface area (Å²) in [5, 5.41) is -0.267. The van der Waals surface area contributed by atoms with Crippen LogP contribution in [0, 0.1) is 3.57 Å². The third-order valence-electron chi connectivity index (χ3n) is 4.21. The molecule has 1 heterocycles. The maximum atomic E-state index is 12.8. The molecule has 0 unspecified atom stereocenters. The van der Waals surface area contributed by atoms with Gasteiger partial charge in [-0.1, -0.05) is 35.0 Å². The van der Waals surface area contributed by atoms with Gasteiger partial charge >= 0.3 is 0 Å². The number of benzene rings is 2. The van der Waals surface area contributed by atoms with Gasteiger partial charge in [0, 0.05) is 4.47 Å². The molecule has 8 heteroatoms. The first kappa shape index (κ1) is 23.1. The SMILES string of the molecule is CCCOc1c(I)cc(/C=C2\SC(=O)N(Cc3ccc(Br)cc3)C2=O)cc1OCC. The Morgan fingerprint density at radius 3 is 2.53 bits per heavy atom. The van der Waals surface area contributed by atoms with Gasteiger partial charge in [0.15, 0.2) is 11.5 Å². The summed E-state index contributed by atoms with van der Waals surface area (Å²) >= 11 is 6.55. The average Bonchev–Trinajstić information content (AvgIpc) is 2.96. The lowest BCUT2D eigenvalue weighted by atomic mass is 10.1. The fourth-order valence-corrected chi connectivity index (χ4v) is 4.72. The van der Waals surface area contributed by atoms with E-state index in [4.69, 9.17) is 9.47 Å². The van der Waals surface area contributed by atoms with E-state index < -0.39 is 0 Å². The van der Waals surface area contributed by atoms with Crippen LogP contribution in [0.3, 0.4) is 0 Å². The van der Waals surface area contributed by atoms with Crippen molar-refractivity contribution in [2.75, 3.05) is 13.2 Å². The van der Waals surface area contributed by atoms with E-state index in [9.17, 15) is 9.59 Å². The fourth-order valence-electron chi connectivity index (χ4n) is 2.84. The maximum Gasteiger partial charge on any atom is 0.293 e. The number of nitrogens with zero attached hydrogens (tertiary/aromatic N) is 1. The average molecular weight is 602 g/mol. The molecule has 1 fully saturated rings. The van der Waals surface area contributed by atoms with Crippen LogP contribution in [-0.2, 0) is 11.3 Å². The summed E-state index contributed by atoms with van der Waals surface area (Å²) in [6, 6.07) is 11.3. The number of thioether (sulfide) groups is 1. The number of carbonyl (C=O) groups is 2. The second-order valence-electron chi connectivity index (χ2n) is 6.51. The van der Waals surface area contributed by atoms with Crippen LogP contribution in [0.15, 0.2) is 45.8 Å². The van der Waals surface area contributed by atoms with Gasteiger partial charge in [0.1, 0.15) is 0 Å². The Morgan fingerprint density at radius 1 is 1.13 bits per heavy atom. The Bertz CT molecular complexity index is 978. The first-order valence-corrected chi connectivity index (χ1v) is 12.2. The molecule has 0 N–H and O–H groups in total. The predicted molar refractivity (Wildman–Crippen MR) is 132 cm³/mol. The zero-order valence-corrected chi connectivity index (χ0v) is 21.2. The quantitative estimate of drug-likeness (QED) is 0.256. The van der Waals surface area contributed by atoms with Gasteiger partial charge in [0.05, 0.1) is 28.2 Å². The third kappa shape index (κ3) is 5.59. The van der Waals surface area contributed by atoms with Gasteiger partial charge < -0.3 is 9.47 Å². The molecular formula is C22H21BrINO4S.